The molecule has 0 aromatic carbocycles. The number of rotatable bonds is 2. The largest absolute Gasteiger partial charge is 0.394 e. The molecule has 0 unspecified atom stereocenters. The highest BCUT2D eigenvalue weighted by atomic mass is 16.5. The highest BCUT2D eigenvalue weighted by molar-refractivity contribution is 5.38. The minimum atomic E-state index is -0.384. The second kappa shape index (κ2) is 6.02. The van der Waals surface area contributed by atoms with Crippen molar-refractivity contribution in [3.63, 3.8) is 0 Å². The molecule has 2 aromatic heterocycles. The summed E-state index contributed by atoms with van der Waals surface area (Å²) in [7, 11) is 0. The standard InChI is InChI=1S/C10H13N5O3.C2H6/c11-10-13-9(17)8-12-3-6(15(8)14-10)7-2-1-5(4-16)18-7;1-2/h3,5,7,16H,1-2,4H2,(H3,11,13,14,17);1-2H3/t5-,7+;/m0./s1. The number of aromatic nitrogens is 4. The molecule has 3 rings (SSSR count). The van der Waals surface area contributed by atoms with Crippen LogP contribution in [0.5, 0.6) is 0 Å². The highest BCUT2D eigenvalue weighted by Crippen LogP contribution is 2.32. The molecule has 1 aliphatic rings. The Morgan fingerprint density at radius 1 is 1.55 bits per heavy atom. The molecule has 20 heavy (non-hydrogen) atoms. The lowest BCUT2D eigenvalue weighted by Crippen LogP contribution is -2.18. The molecule has 0 aliphatic carbocycles. The number of anilines is 1. The monoisotopic (exact) mass is 281 g/mol. The summed E-state index contributed by atoms with van der Waals surface area (Å²) in [6.45, 7) is 3.99. The molecule has 1 aliphatic heterocycles. The van der Waals surface area contributed by atoms with Crippen molar-refractivity contribution in [3.8, 4) is 0 Å². The summed E-state index contributed by atoms with van der Waals surface area (Å²) in [6, 6.07) is 0. The van der Waals surface area contributed by atoms with Gasteiger partial charge in [0.05, 0.1) is 24.6 Å². The number of ether oxygens (including phenoxy) is 1. The van der Waals surface area contributed by atoms with E-state index in [0.29, 0.717) is 5.69 Å². The maximum atomic E-state index is 11.6. The normalized spacial score (nSPS) is 21.8. The van der Waals surface area contributed by atoms with Crippen LogP contribution in [0.1, 0.15) is 38.5 Å². The summed E-state index contributed by atoms with van der Waals surface area (Å²) in [5.41, 5.74) is 5.99. The van der Waals surface area contributed by atoms with E-state index >= 15 is 0 Å². The number of imidazole rings is 1. The van der Waals surface area contributed by atoms with Gasteiger partial charge < -0.3 is 15.6 Å². The van der Waals surface area contributed by atoms with Gasteiger partial charge in [-0.25, -0.2) is 9.50 Å². The van der Waals surface area contributed by atoms with Gasteiger partial charge in [0.2, 0.25) is 11.6 Å². The van der Waals surface area contributed by atoms with Gasteiger partial charge in [0, 0.05) is 0 Å². The van der Waals surface area contributed by atoms with E-state index < -0.39 is 0 Å². The Morgan fingerprint density at radius 2 is 2.30 bits per heavy atom. The Kier molecular flexibility index (Phi) is 4.35. The molecule has 2 aromatic rings. The fraction of sp³-hybridized carbons (Fsp3) is 0.583. The Morgan fingerprint density at radius 3 is 2.95 bits per heavy atom. The third kappa shape index (κ3) is 2.52. The molecular weight excluding hydrogens is 262 g/mol. The molecule has 1 saturated heterocycles. The number of aliphatic hydroxyl groups excluding tert-OH is 1. The van der Waals surface area contributed by atoms with Crippen LogP contribution in [0.3, 0.4) is 0 Å². The maximum absolute atomic E-state index is 11.6. The molecule has 0 bridgehead atoms. The van der Waals surface area contributed by atoms with Crippen molar-refractivity contribution < 1.29 is 9.84 Å². The lowest BCUT2D eigenvalue weighted by atomic mass is 10.1. The first-order valence-corrected chi connectivity index (χ1v) is 6.69. The number of nitrogen functional groups attached to an aromatic ring is 1. The number of aliphatic hydroxyl groups is 1. The van der Waals surface area contributed by atoms with Crippen LogP contribution >= 0.6 is 0 Å². The van der Waals surface area contributed by atoms with E-state index in [-0.39, 0.29) is 36.0 Å². The summed E-state index contributed by atoms with van der Waals surface area (Å²) in [6.07, 6.45) is 2.70. The predicted octanol–water partition coefficient (Wildman–Crippen LogP) is 0.238. The van der Waals surface area contributed by atoms with Crippen molar-refractivity contribution in [1.82, 2.24) is 19.6 Å². The highest BCUT2D eigenvalue weighted by Gasteiger charge is 2.29. The molecule has 0 amide bonds. The van der Waals surface area contributed by atoms with Crippen molar-refractivity contribution >= 4 is 11.6 Å². The zero-order valence-electron chi connectivity index (χ0n) is 11.5. The van der Waals surface area contributed by atoms with Crippen LogP contribution in [0.25, 0.3) is 5.65 Å². The van der Waals surface area contributed by atoms with Gasteiger partial charge in [0.25, 0.3) is 5.56 Å². The number of nitrogens with zero attached hydrogens (tertiary/aromatic N) is 3. The maximum Gasteiger partial charge on any atom is 0.295 e. The van der Waals surface area contributed by atoms with Gasteiger partial charge in [0.15, 0.2) is 0 Å². The van der Waals surface area contributed by atoms with E-state index in [0.717, 1.165) is 12.8 Å². The van der Waals surface area contributed by atoms with Crippen molar-refractivity contribution in [2.75, 3.05) is 12.3 Å². The summed E-state index contributed by atoms with van der Waals surface area (Å²) >= 11 is 0. The molecule has 0 spiro atoms. The number of nitrogens with two attached hydrogens (primary N) is 1. The van der Waals surface area contributed by atoms with Crippen LogP contribution in [-0.4, -0.2) is 37.4 Å². The minimum Gasteiger partial charge on any atom is -0.394 e. The zero-order chi connectivity index (χ0) is 14.7. The van der Waals surface area contributed by atoms with Gasteiger partial charge in [-0.2, -0.15) is 0 Å². The van der Waals surface area contributed by atoms with Gasteiger partial charge in [0.1, 0.15) is 6.10 Å². The molecule has 110 valence electrons. The summed E-state index contributed by atoms with van der Waals surface area (Å²) in [5.74, 6) is 0.0310. The van der Waals surface area contributed by atoms with Gasteiger partial charge in [-0.3, -0.25) is 9.78 Å². The summed E-state index contributed by atoms with van der Waals surface area (Å²) in [4.78, 5) is 18.0. The smallest absolute Gasteiger partial charge is 0.295 e. The first kappa shape index (κ1) is 14.5. The SMILES string of the molecule is CC.Nc1nn2c([C@H]3CC[C@@H](CO)O3)cnc2c(=O)[nH]1. The number of fused-ring (bicyclic) bond motifs is 1. The number of nitrogens with one attached hydrogen (secondary N) is 1. The van der Waals surface area contributed by atoms with Crippen LogP contribution in [0.15, 0.2) is 11.0 Å². The van der Waals surface area contributed by atoms with Crippen molar-refractivity contribution in [2.45, 2.75) is 38.9 Å². The first-order chi connectivity index (χ1) is 9.69. The lowest BCUT2D eigenvalue weighted by molar-refractivity contribution is 0.00852. The fourth-order valence-electron chi connectivity index (χ4n) is 2.20. The molecule has 1 fully saturated rings. The molecular formula is C12H19N5O3. The fourth-order valence-corrected chi connectivity index (χ4v) is 2.20. The van der Waals surface area contributed by atoms with E-state index in [4.69, 9.17) is 15.6 Å². The summed E-state index contributed by atoms with van der Waals surface area (Å²) in [5, 5.41) is 13.1. The molecule has 8 nitrogen and oxygen atoms in total. The van der Waals surface area contributed by atoms with Crippen molar-refractivity contribution in [1.29, 1.82) is 0 Å². The first-order valence-electron chi connectivity index (χ1n) is 6.69. The molecule has 0 saturated carbocycles. The second-order valence-corrected chi connectivity index (χ2v) is 4.26. The third-order valence-electron chi connectivity index (χ3n) is 3.06. The van der Waals surface area contributed by atoms with E-state index in [1.807, 2.05) is 13.8 Å². The zero-order valence-corrected chi connectivity index (χ0v) is 11.5. The van der Waals surface area contributed by atoms with Crippen LogP contribution in [0.2, 0.25) is 0 Å². The van der Waals surface area contributed by atoms with E-state index in [9.17, 15) is 4.79 Å². The Balaban J connectivity index is 0.000000704. The van der Waals surface area contributed by atoms with Gasteiger partial charge in [-0.15, -0.1) is 5.10 Å². The Hall–Kier alpha value is -1.93. The third-order valence-corrected chi connectivity index (χ3v) is 3.06. The van der Waals surface area contributed by atoms with Gasteiger partial charge >= 0.3 is 0 Å². The average molecular weight is 281 g/mol. The molecule has 8 heteroatoms. The van der Waals surface area contributed by atoms with Crippen molar-refractivity contribution in [3.05, 3.63) is 22.2 Å². The number of hydrogen-bond donors (Lipinski definition) is 3. The van der Waals surface area contributed by atoms with Crippen LogP contribution in [0, 0.1) is 0 Å². The van der Waals surface area contributed by atoms with Crippen LogP contribution in [-0.2, 0) is 4.74 Å². The van der Waals surface area contributed by atoms with Gasteiger partial charge in [-0.1, -0.05) is 13.8 Å². The predicted molar refractivity (Wildman–Crippen MR) is 73.3 cm³/mol. The molecule has 3 heterocycles. The summed E-state index contributed by atoms with van der Waals surface area (Å²) < 4.78 is 7.04. The van der Waals surface area contributed by atoms with E-state index in [1.54, 1.807) is 6.20 Å². The Bertz CT molecular complexity index is 636. The Labute approximate surface area is 115 Å². The van der Waals surface area contributed by atoms with E-state index in [1.165, 1.54) is 4.52 Å². The number of aromatic amines is 1. The van der Waals surface area contributed by atoms with Crippen LogP contribution in [0.4, 0.5) is 5.95 Å². The molecule has 4 N–H and O–H groups in total. The van der Waals surface area contributed by atoms with Crippen molar-refractivity contribution in [2.24, 2.45) is 0 Å². The molecule has 0 radical (unpaired) electrons. The lowest BCUT2D eigenvalue weighted by Gasteiger charge is -2.10. The average Bonchev–Trinajstić information content (AvgIpc) is 3.06. The number of hydrogen-bond acceptors (Lipinski definition) is 6. The quantitative estimate of drug-likeness (QED) is 0.725. The molecule has 2 atom stereocenters. The van der Waals surface area contributed by atoms with Crippen LogP contribution < -0.4 is 11.3 Å². The van der Waals surface area contributed by atoms with Gasteiger partial charge in [-0.05, 0) is 12.8 Å². The minimum absolute atomic E-state index is 0.0105. The second-order valence-electron chi connectivity index (χ2n) is 4.26. The van der Waals surface area contributed by atoms with E-state index in [2.05, 4.69) is 15.1 Å². The number of H-pyrrole nitrogens is 1. The topological polar surface area (TPSA) is 119 Å².